The number of carbonyl (C=O) groups is 2. The summed E-state index contributed by atoms with van der Waals surface area (Å²) in [5, 5.41) is 4.81. The summed E-state index contributed by atoms with van der Waals surface area (Å²) in [6.07, 6.45) is 8.08. The Labute approximate surface area is 164 Å². The summed E-state index contributed by atoms with van der Waals surface area (Å²) in [5.41, 5.74) is 2.79. The molecule has 1 fully saturated rings. The fraction of sp³-hybridized carbons (Fsp3) is 0.455. The van der Waals surface area contributed by atoms with Crippen molar-refractivity contribution >= 4 is 34.1 Å². The second kappa shape index (κ2) is 8.19. The van der Waals surface area contributed by atoms with Gasteiger partial charge in [0.2, 0.25) is 5.91 Å². The number of amides is 1. The lowest BCUT2D eigenvalue weighted by atomic mass is 9.92. The number of benzene rings is 1. The van der Waals surface area contributed by atoms with Crippen LogP contribution in [0.5, 0.6) is 0 Å². The van der Waals surface area contributed by atoms with Gasteiger partial charge in [0.25, 0.3) is 0 Å². The number of nitrogens with zero attached hydrogens (tertiary/aromatic N) is 2. The normalized spacial score (nSPS) is 16.0. The first kappa shape index (κ1) is 18.7. The highest BCUT2D eigenvalue weighted by Crippen LogP contribution is 2.36. The van der Waals surface area contributed by atoms with Gasteiger partial charge in [-0.1, -0.05) is 0 Å². The summed E-state index contributed by atoms with van der Waals surface area (Å²) in [6.45, 7) is 4.40. The first-order valence-corrected chi connectivity index (χ1v) is 10.1. The van der Waals surface area contributed by atoms with Crippen LogP contribution in [0.25, 0.3) is 21.9 Å². The van der Waals surface area contributed by atoms with Gasteiger partial charge in [0.05, 0.1) is 12.2 Å². The zero-order valence-corrected chi connectivity index (χ0v) is 16.3. The third kappa shape index (κ3) is 3.44. The topological polar surface area (TPSA) is 67.5 Å². The number of carbonyl (C=O) groups excluding carboxylic acids is 2. The Hall–Kier alpha value is -2.60. The number of aromatic nitrogens is 1. The van der Waals surface area contributed by atoms with Crippen LogP contribution in [0.4, 0.5) is 0 Å². The third-order valence-electron chi connectivity index (χ3n) is 5.88. The maximum absolute atomic E-state index is 12.5. The molecule has 1 aliphatic heterocycles. The summed E-state index contributed by atoms with van der Waals surface area (Å²) < 4.78 is 8.06. The molecule has 28 heavy (non-hydrogen) atoms. The average molecular weight is 381 g/mol. The van der Waals surface area contributed by atoms with Crippen LogP contribution in [-0.4, -0.2) is 48.3 Å². The van der Waals surface area contributed by atoms with E-state index >= 15 is 0 Å². The van der Waals surface area contributed by atoms with Gasteiger partial charge in [0.15, 0.2) is 0 Å². The van der Waals surface area contributed by atoms with Crippen molar-refractivity contribution in [1.29, 1.82) is 0 Å². The minimum absolute atomic E-state index is 0.0879. The maximum Gasteiger partial charge on any atom is 0.227 e. The number of aldehydes is 1. The van der Waals surface area contributed by atoms with E-state index in [1.165, 1.54) is 25.9 Å². The zero-order valence-electron chi connectivity index (χ0n) is 16.3. The molecule has 1 aromatic carbocycles. The van der Waals surface area contributed by atoms with Crippen molar-refractivity contribution in [3.05, 3.63) is 36.2 Å². The van der Waals surface area contributed by atoms with E-state index in [9.17, 15) is 9.59 Å². The van der Waals surface area contributed by atoms with E-state index in [0.29, 0.717) is 12.8 Å². The quantitative estimate of drug-likeness (QED) is 0.608. The molecule has 0 spiro atoms. The molecule has 1 saturated heterocycles. The van der Waals surface area contributed by atoms with Crippen LogP contribution >= 0.6 is 0 Å². The van der Waals surface area contributed by atoms with E-state index in [-0.39, 0.29) is 5.91 Å². The van der Waals surface area contributed by atoms with Crippen molar-refractivity contribution in [2.75, 3.05) is 26.7 Å². The largest absolute Gasteiger partial charge is 0.464 e. The Morgan fingerprint density at radius 2 is 2.07 bits per heavy atom. The van der Waals surface area contributed by atoms with Crippen molar-refractivity contribution in [3.63, 3.8) is 0 Å². The summed E-state index contributed by atoms with van der Waals surface area (Å²) in [7, 11) is 1.63. The molecule has 1 amide bonds. The molecule has 3 aromatic rings. The molecule has 2 aromatic heterocycles. The van der Waals surface area contributed by atoms with Gasteiger partial charge in [-0.05, 0) is 50.6 Å². The second-order valence-corrected chi connectivity index (χ2v) is 7.53. The van der Waals surface area contributed by atoms with Gasteiger partial charge >= 0.3 is 0 Å². The van der Waals surface area contributed by atoms with Crippen LogP contribution in [0.1, 0.15) is 37.2 Å². The molecule has 148 valence electrons. The number of likely N-dealkylation sites (tertiary alicyclic amines) is 1. The molecule has 1 N–H and O–H groups in total. The monoisotopic (exact) mass is 381 g/mol. The van der Waals surface area contributed by atoms with Gasteiger partial charge in [0, 0.05) is 54.6 Å². The molecule has 0 bridgehead atoms. The van der Waals surface area contributed by atoms with E-state index < -0.39 is 5.92 Å². The molecule has 6 heteroatoms. The molecular formula is C22H27N3O3. The Morgan fingerprint density at radius 1 is 1.25 bits per heavy atom. The summed E-state index contributed by atoms with van der Waals surface area (Å²) in [5.74, 6) is -0.481. The molecule has 3 heterocycles. The lowest BCUT2D eigenvalue weighted by Gasteiger charge is -2.15. The van der Waals surface area contributed by atoms with Crippen LogP contribution in [0.15, 0.2) is 35.1 Å². The van der Waals surface area contributed by atoms with E-state index in [4.69, 9.17) is 4.42 Å². The predicted octanol–water partition coefficient (Wildman–Crippen LogP) is 3.29. The van der Waals surface area contributed by atoms with Gasteiger partial charge in [-0.15, -0.1) is 0 Å². The fourth-order valence-corrected chi connectivity index (χ4v) is 4.38. The van der Waals surface area contributed by atoms with Crippen LogP contribution in [0.2, 0.25) is 0 Å². The molecule has 0 saturated carbocycles. The minimum Gasteiger partial charge on any atom is -0.464 e. The van der Waals surface area contributed by atoms with E-state index in [0.717, 1.165) is 46.8 Å². The first-order chi connectivity index (χ1) is 13.7. The number of furan rings is 1. The smallest absolute Gasteiger partial charge is 0.227 e. The Bertz CT molecular complexity index is 982. The Kier molecular flexibility index (Phi) is 5.48. The summed E-state index contributed by atoms with van der Waals surface area (Å²) >= 11 is 0. The lowest BCUT2D eigenvalue weighted by Crippen LogP contribution is -2.25. The highest BCUT2D eigenvalue weighted by molar-refractivity contribution is 6.08. The maximum atomic E-state index is 12.5. The number of likely N-dealkylation sites (N-methyl/N-ethyl adjacent to an activating group) is 1. The van der Waals surface area contributed by atoms with Crippen molar-refractivity contribution in [3.8, 4) is 0 Å². The molecular weight excluding hydrogens is 354 g/mol. The van der Waals surface area contributed by atoms with Gasteiger partial charge in [0.1, 0.15) is 11.9 Å². The number of hydrogen-bond donors (Lipinski definition) is 1. The fourth-order valence-electron chi connectivity index (χ4n) is 4.38. The molecule has 4 rings (SSSR count). The first-order valence-electron chi connectivity index (χ1n) is 10.1. The molecule has 0 radical (unpaired) electrons. The SMILES string of the molecule is CNC(=O)C(CCC=O)c1coc2ccc3c(ccn3CCN3CCCC3)c12. The van der Waals surface area contributed by atoms with Crippen LogP contribution < -0.4 is 5.32 Å². The van der Waals surface area contributed by atoms with E-state index in [1.807, 2.05) is 6.07 Å². The minimum atomic E-state index is -0.394. The standard InChI is InChI=1S/C22H27N3O3/c1-23-22(27)16(5-4-14-26)18-15-28-20-7-6-19-17(21(18)20)8-11-25(19)13-12-24-9-2-3-10-24/h6-8,11,14-16H,2-5,9-10,12-13H2,1H3,(H,23,27). The van der Waals surface area contributed by atoms with Gasteiger partial charge in [-0.2, -0.15) is 0 Å². The van der Waals surface area contributed by atoms with Gasteiger partial charge in [-0.25, -0.2) is 0 Å². The van der Waals surface area contributed by atoms with Crippen molar-refractivity contribution < 1.29 is 14.0 Å². The molecule has 0 aliphatic carbocycles. The third-order valence-corrected chi connectivity index (χ3v) is 5.88. The lowest BCUT2D eigenvalue weighted by molar-refractivity contribution is -0.122. The average Bonchev–Trinajstić information content (AvgIpc) is 3.45. The second-order valence-electron chi connectivity index (χ2n) is 7.53. The van der Waals surface area contributed by atoms with E-state index in [1.54, 1.807) is 13.3 Å². The summed E-state index contributed by atoms with van der Waals surface area (Å²) in [6, 6.07) is 6.19. The van der Waals surface area contributed by atoms with Crippen LogP contribution in [0.3, 0.4) is 0 Å². The Morgan fingerprint density at radius 3 is 2.82 bits per heavy atom. The molecule has 1 aliphatic rings. The number of rotatable bonds is 8. The molecule has 1 atom stereocenters. The number of hydrogen-bond acceptors (Lipinski definition) is 4. The van der Waals surface area contributed by atoms with Crippen molar-refractivity contribution in [2.45, 2.75) is 38.1 Å². The van der Waals surface area contributed by atoms with Crippen LogP contribution in [-0.2, 0) is 16.1 Å². The zero-order chi connectivity index (χ0) is 19.5. The van der Waals surface area contributed by atoms with Gasteiger partial charge < -0.3 is 24.0 Å². The van der Waals surface area contributed by atoms with E-state index in [2.05, 4.69) is 33.1 Å². The Balaban J connectivity index is 1.71. The predicted molar refractivity (Wildman–Crippen MR) is 109 cm³/mol. The highest BCUT2D eigenvalue weighted by atomic mass is 16.3. The molecule has 1 unspecified atom stereocenters. The van der Waals surface area contributed by atoms with Gasteiger partial charge in [-0.3, -0.25) is 4.79 Å². The summed E-state index contributed by atoms with van der Waals surface area (Å²) in [4.78, 5) is 25.9. The number of fused-ring (bicyclic) bond motifs is 3. The van der Waals surface area contributed by atoms with Crippen molar-refractivity contribution in [1.82, 2.24) is 14.8 Å². The molecule has 6 nitrogen and oxygen atoms in total. The number of nitrogens with one attached hydrogen (secondary N) is 1. The highest BCUT2D eigenvalue weighted by Gasteiger charge is 2.25. The van der Waals surface area contributed by atoms with Crippen molar-refractivity contribution in [2.24, 2.45) is 0 Å². The van der Waals surface area contributed by atoms with Crippen LogP contribution in [0, 0.1) is 0 Å².